The average Bonchev–Trinajstić information content (AvgIpc) is 2.35. The highest BCUT2D eigenvalue weighted by atomic mass is 16.6. The van der Waals surface area contributed by atoms with Gasteiger partial charge >= 0.3 is 5.97 Å². The molecule has 0 unspecified atom stereocenters. The van der Waals surface area contributed by atoms with Gasteiger partial charge in [0.2, 0.25) is 0 Å². The van der Waals surface area contributed by atoms with Crippen LogP contribution < -0.4 is 14.4 Å². The monoisotopic (exact) mass is 280 g/mol. The molecule has 1 N–H and O–H groups in total. The second kappa shape index (κ2) is 4.55. The fraction of sp³-hybridized carbons (Fsp3) is 0.417. The second-order valence-electron chi connectivity index (χ2n) is 4.68. The zero-order chi connectivity index (χ0) is 14.3. The molecule has 0 aliphatic carbocycles. The van der Waals surface area contributed by atoms with Gasteiger partial charge in [-0.1, -0.05) is 0 Å². The molecular weight excluding hydrogens is 268 g/mol. The Bertz CT molecular complexity index is 582. The number of carboxylic acid groups (broad SMARTS) is 1. The van der Waals surface area contributed by atoms with Crippen LogP contribution in [0.15, 0.2) is 12.1 Å². The van der Waals surface area contributed by atoms with Gasteiger partial charge in [-0.05, 0) is 0 Å². The van der Waals surface area contributed by atoms with E-state index < -0.39 is 16.8 Å². The molecule has 2 aliphatic heterocycles. The van der Waals surface area contributed by atoms with Gasteiger partial charge in [-0.15, -0.1) is 0 Å². The van der Waals surface area contributed by atoms with Crippen molar-refractivity contribution >= 4 is 17.3 Å². The Morgan fingerprint density at radius 2 is 1.90 bits per heavy atom. The Hall–Kier alpha value is -2.51. The summed E-state index contributed by atoms with van der Waals surface area (Å²) >= 11 is 0. The highest BCUT2D eigenvalue weighted by Crippen LogP contribution is 2.42. The number of aliphatic carboxylic acids is 1. The van der Waals surface area contributed by atoms with Crippen molar-refractivity contribution in [1.82, 2.24) is 0 Å². The smallest absolute Gasteiger partial charge is 0.310 e. The fourth-order valence-corrected chi connectivity index (χ4v) is 2.30. The van der Waals surface area contributed by atoms with Crippen molar-refractivity contribution in [3.63, 3.8) is 0 Å². The third-order valence-electron chi connectivity index (χ3n) is 3.41. The van der Waals surface area contributed by atoms with Crippen molar-refractivity contribution in [1.29, 1.82) is 0 Å². The zero-order valence-corrected chi connectivity index (χ0v) is 10.4. The number of carbonyl (C=O) groups is 1. The maximum atomic E-state index is 11.1. The second-order valence-corrected chi connectivity index (χ2v) is 4.68. The molecule has 2 heterocycles. The quantitative estimate of drug-likeness (QED) is 0.647. The van der Waals surface area contributed by atoms with Crippen LogP contribution in [0.4, 0.5) is 11.4 Å². The van der Waals surface area contributed by atoms with Crippen LogP contribution in [0.2, 0.25) is 0 Å². The molecule has 0 saturated carbocycles. The lowest BCUT2D eigenvalue weighted by atomic mass is 9.99. The maximum Gasteiger partial charge on any atom is 0.310 e. The van der Waals surface area contributed by atoms with E-state index in [0.29, 0.717) is 30.4 Å². The van der Waals surface area contributed by atoms with Gasteiger partial charge in [-0.2, -0.15) is 0 Å². The highest BCUT2D eigenvalue weighted by molar-refractivity contribution is 5.77. The minimum absolute atomic E-state index is 0.0990. The number of fused-ring (bicyclic) bond motifs is 1. The minimum Gasteiger partial charge on any atom is -0.486 e. The van der Waals surface area contributed by atoms with Crippen LogP contribution in [0.5, 0.6) is 11.5 Å². The van der Waals surface area contributed by atoms with Crippen LogP contribution >= 0.6 is 0 Å². The molecule has 20 heavy (non-hydrogen) atoms. The summed E-state index contributed by atoms with van der Waals surface area (Å²) in [7, 11) is 0. The summed E-state index contributed by atoms with van der Waals surface area (Å²) in [5, 5.41) is 20.0. The largest absolute Gasteiger partial charge is 0.486 e. The SMILES string of the molecule is O=C(O)C1CN(c2cc3c(cc2[N+](=O)[O-])OCCO3)C1. The summed E-state index contributed by atoms with van der Waals surface area (Å²) in [5.41, 5.74) is 0.273. The van der Waals surface area contributed by atoms with Gasteiger partial charge in [0.25, 0.3) is 5.69 Å². The van der Waals surface area contributed by atoms with E-state index in [-0.39, 0.29) is 18.8 Å². The Labute approximate surface area is 113 Å². The number of rotatable bonds is 3. The van der Waals surface area contributed by atoms with E-state index in [4.69, 9.17) is 14.6 Å². The van der Waals surface area contributed by atoms with Gasteiger partial charge in [0.05, 0.1) is 16.9 Å². The molecule has 0 radical (unpaired) electrons. The minimum atomic E-state index is -0.888. The van der Waals surface area contributed by atoms with Gasteiger partial charge < -0.3 is 19.5 Å². The van der Waals surface area contributed by atoms with Crippen molar-refractivity contribution in [3.05, 3.63) is 22.2 Å². The molecule has 1 fully saturated rings. The molecule has 0 spiro atoms. The number of anilines is 1. The standard InChI is InChI=1S/C12H12N2O6/c15-12(16)7-5-13(6-7)8-3-10-11(20-2-1-19-10)4-9(8)14(17)18/h3-4,7H,1-2,5-6H2,(H,15,16). The number of hydrogen-bond donors (Lipinski definition) is 1. The first-order valence-electron chi connectivity index (χ1n) is 6.12. The summed E-state index contributed by atoms with van der Waals surface area (Å²) in [6.07, 6.45) is 0. The van der Waals surface area contributed by atoms with Gasteiger partial charge in [0.1, 0.15) is 18.9 Å². The van der Waals surface area contributed by atoms with Crippen molar-refractivity contribution in [2.24, 2.45) is 5.92 Å². The van der Waals surface area contributed by atoms with Gasteiger partial charge in [-0.25, -0.2) is 0 Å². The maximum absolute atomic E-state index is 11.1. The van der Waals surface area contributed by atoms with Crippen LogP contribution in [0.3, 0.4) is 0 Å². The van der Waals surface area contributed by atoms with Crippen LogP contribution in [0, 0.1) is 16.0 Å². The Balaban J connectivity index is 1.93. The lowest BCUT2D eigenvalue weighted by Crippen LogP contribution is -2.50. The van der Waals surface area contributed by atoms with Crippen LogP contribution in [0.25, 0.3) is 0 Å². The molecule has 1 saturated heterocycles. The average molecular weight is 280 g/mol. The number of nitrogens with zero attached hydrogens (tertiary/aromatic N) is 2. The van der Waals surface area contributed by atoms with Crippen molar-refractivity contribution in [2.75, 3.05) is 31.2 Å². The lowest BCUT2D eigenvalue weighted by Gasteiger charge is -2.38. The topological polar surface area (TPSA) is 102 Å². The van der Waals surface area contributed by atoms with Crippen LogP contribution in [-0.4, -0.2) is 42.3 Å². The molecule has 2 aliphatic rings. The lowest BCUT2D eigenvalue weighted by molar-refractivity contribution is -0.384. The summed E-state index contributed by atoms with van der Waals surface area (Å²) < 4.78 is 10.7. The van der Waals surface area contributed by atoms with Gasteiger partial charge in [-0.3, -0.25) is 14.9 Å². The third kappa shape index (κ3) is 1.98. The first-order valence-corrected chi connectivity index (χ1v) is 6.12. The third-order valence-corrected chi connectivity index (χ3v) is 3.41. The first kappa shape index (κ1) is 12.5. The molecular formula is C12H12N2O6. The van der Waals surface area contributed by atoms with Crippen LogP contribution in [0.1, 0.15) is 0 Å². The first-order chi connectivity index (χ1) is 9.56. The molecule has 1 aromatic carbocycles. The Kier molecular flexibility index (Phi) is 2.85. The summed E-state index contributed by atoms with van der Waals surface area (Å²) in [6, 6.07) is 2.88. The van der Waals surface area contributed by atoms with E-state index in [1.165, 1.54) is 6.07 Å². The molecule has 0 atom stereocenters. The van der Waals surface area contributed by atoms with E-state index in [0.717, 1.165) is 0 Å². The predicted molar refractivity (Wildman–Crippen MR) is 67.4 cm³/mol. The Morgan fingerprint density at radius 1 is 1.30 bits per heavy atom. The van der Waals surface area contributed by atoms with Crippen LogP contribution in [-0.2, 0) is 4.79 Å². The number of benzene rings is 1. The summed E-state index contributed by atoms with van der Waals surface area (Å²) in [5.74, 6) is -0.568. The molecule has 0 bridgehead atoms. The molecule has 1 aromatic rings. The van der Waals surface area contributed by atoms with E-state index in [9.17, 15) is 14.9 Å². The number of ether oxygens (including phenoxy) is 2. The fourth-order valence-electron chi connectivity index (χ4n) is 2.30. The zero-order valence-electron chi connectivity index (χ0n) is 10.4. The van der Waals surface area contributed by atoms with E-state index >= 15 is 0 Å². The van der Waals surface area contributed by atoms with Crippen molar-refractivity contribution in [2.45, 2.75) is 0 Å². The molecule has 3 rings (SSSR count). The van der Waals surface area contributed by atoms with E-state index in [1.54, 1.807) is 11.0 Å². The Morgan fingerprint density at radius 3 is 2.45 bits per heavy atom. The number of nitro groups is 1. The summed E-state index contributed by atoms with van der Waals surface area (Å²) in [4.78, 5) is 23.1. The molecule has 0 aromatic heterocycles. The summed E-state index contributed by atoms with van der Waals surface area (Å²) in [6.45, 7) is 1.27. The molecule has 8 nitrogen and oxygen atoms in total. The van der Waals surface area contributed by atoms with Gasteiger partial charge in [0, 0.05) is 19.2 Å². The van der Waals surface area contributed by atoms with E-state index in [2.05, 4.69) is 0 Å². The number of carboxylic acids is 1. The number of nitro benzene ring substituents is 1. The molecule has 0 amide bonds. The van der Waals surface area contributed by atoms with E-state index in [1.807, 2.05) is 0 Å². The normalized spacial score (nSPS) is 17.5. The number of hydrogen-bond acceptors (Lipinski definition) is 6. The highest BCUT2D eigenvalue weighted by Gasteiger charge is 2.37. The van der Waals surface area contributed by atoms with Crippen molar-refractivity contribution in [3.8, 4) is 11.5 Å². The van der Waals surface area contributed by atoms with Gasteiger partial charge in [0.15, 0.2) is 11.5 Å². The molecule has 8 heteroatoms. The molecule has 106 valence electrons. The van der Waals surface area contributed by atoms with Crippen molar-refractivity contribution < 1.29 is 24.3 Å². The predicted octanol–water partition coefficient (Wildman–Crippen LogP) is 0.887.